The van der Waals surface area contributed by atoms with Crippen molar-refractivity contribution in [1.82, 2.24) is 14.3 Å². The van der Waals surface area contributed by atoms with Crippen molar-refractivity contribution in [3.8, 4) is 0 Å². The zero-order valence-electron chi connectivity index (χ0n) is 11.6. The third kappa shape index (κ3) is 3.12. The topological polar surface area (TPSA) is 61.4 Å². The molecule has 1 aliphatic carbocycles. The minimum Gasteiger partial charge on any atom is -0.311 e. The first-order valence-electron chi connectivity index (χ1n) is 7.63. The summed E-state index contributed by atoms with van der Waals surface area (Å²) in [7, 11) is -3.28. The van der Waals surface area contributed by atoms with Gasteiger partial charge in [0.1, 0.15) is 0 Å². The molecule has 2 unspecified atom stereocenters. The highest BCUT2D eigenvalue weighted by atomic mass is 32.2. The SMILES string of the molecule is CCCN(C1CC2CCC(C1)N2)S(=O)(=O)NC1CC1. The summed E-state index contributed by atoms with van der Waals surface area (Å²) in [4.78, 5) is 0. The van der Waals surface area contributed by atoms with Crippen LogP contribution in [-0.2, 0) is 10.2 Å². The van der Waals surface area contributed by atoms with E-state index in [2.05, 4.69) is 17.0 Å². The number of nitrogens with one attached hydrogen (secondary N) is 2. The summed E-state index contributed by atoms with van der Waals surface area (Å²) in [6.45, 7) is 2.70. The first-order chi connectivity index (χ1) is 9.08. The highest BCUT2D eigenvalue weighted by molar-refractivity contribution is 7.87. The molecule has 6 heteroatoms. The Morgan fingerprint density at radius 2 is 1.79 bits per heavy atom. The second-order valence-corrected chi connectivity index (χ2v) is 7.93. The summed E-state index contributed by atoms with van der Waals surface area (Å²) in [5.74, 6) is 0. The second-order valence-electron chi connectivity index (χ2n) is 6.27. The van der Waals surface area contributed by atoms with Gasteiger partial charge >= 0.3 is 0 Å². The highest BCUT2D eigenvalue weighted by Crippen LogP contribution is 2.31. The summed E-state index contributed by atoms with van der Waals surface area (Å²) in [5.41, 5.74) is 0. The molecular weight excluding hydrogens is 262 g/mol. The van der Waals surface area contributed by atoms with Crippen LogP contribution in [0, 0.1) is 0 Å². The van der Waals surface area contributed by atoms with Crippen molar-refractivity contribution in [2.75, 3.05) is 6.54 Å². The Morgan fingerprint density at radius 3 is 2.32 bits per heavy atom. The lowest BCUT2D eigenvalue weighted by molar-refractivity contribution is 0.224. The lowest BCUT2D eigenvalue weighted by atomic mass is 10.00. The Labute approximate surface area is 116 Å². The van der Waals surface area contributed by atoms with Gasteiger partial charge in [0.25, 0.3) is 10.2 Å². The zero-order chi connectivity index (χ0) is 13.5. The minimum atomic E-state index is -3.28. The van der Waals surface area contributed by atoms with Crippen molar-refractivity contribution in [2.45, 2.75) is 76.0 Å². The smallest absolute Gasteiger partial charge is 0.279 e. The molecule has 0 amide bonds. The predicted octanol–water partition coefficient (Wildman–Crippen LogP) is 0.978. The highest BCUT2D eigenvalue weighted by Gasteiger charge is 2.41. The Bertz CT molecular complexity index is 410. The largest absolute Gasteiger partial charge is 0.311 e. The van der Waals surface area contributed by atoms with Crippen LogP contribution in [0.3, 0.4) is 0 Å². The molecule has 0 spiro atoms. The lowest BCUT2D eigenvalue weighted by Crippen LogP contribution is -2.53. The maximum Gasteiger partial charge on any atom is 0.279 e. The second kappa shape index (κ2) is 5.31. The van der Waals surface area contributed by atoms with Crippen molar-refractivity contribution in [3.63, 3.8) is 0 Å². The lowest BCUT2D eigenvalue weighted by Gasteiger charge is -2.36. The normalized spacial score (nSPS) is 34.9. The van der Waals surface area contributed by atoms with Crippen molar-refractivity contribution < 1.29 is 8.42 Å². The van der Waals surface area contributed by atoms with Crippen molar-refractivity contribution in [2.24, 2.45) is 0 Å². The summed E-state index contributed by atoms with van der Waals surface area (Å²) in [6, 6.07) is 1.44. The van der Waals surface area contributed by atoms with E-state index in [1.54, 1.807) is 4.31 Å². The van der Waals surface area contributed by atoms with Crippen LogP contribution < -0.4 is 10.0 Å². The number of rotatable bonds is 6. The molecule has 2 bridgehead atoms. The first kappa shape index (κ1) is 13.8. The molecule has 2 heterocycles. The van der Waals surface area contributed by atoms with Gasteiger partial charge in [-0.15, -0.1) is 0 Å². The van der Waals surface area contributed by atoms with Gasteiger partial charge in [-0.05, 0) is 44.9 Å². The third-order valence-corrected chi connectivity index (χ3v) is 6.23. The Hall–Kier alpha value is -0.170. The van der Waals surface area contributed by atoms with E-state index in [1.807, 2.05) is 0 Å². The monoisotopic (exact) mass is 287 g/mol. The van der Waals surface area contributed by atoms with E-state index >= 15 is 0 Å². The molecule has 1 saturated carbocycles. The van der Waals surface area contributed by atoms with Crippen LogP contribution in [0.2, 0.25) is 0 Å². The van der Waals surface area contributed by atoms with Gasteiger partial charge in [0, 0.05) is 30.7 Å². The standard InChI is InChI=1S/C13H25N3O2S/c1-2-7-16(19(17,18)15-10-3-4-10)13-8-11-5-6-12(9-13)14-11/h10-15H,2-9H2,1H3. The molecule has 3 aliphatic rings. The molecule has 5 nitrogen and oxygen atoms in total. The van der Waals surface area contributed by atoms with Crippen LogP contribution in [-0.4, -0.2) is 43.4 Å². The molecule has 2 saturated heterocycles. The van der Waals surface area contributed by atoms with Gasteiger partial charge in [0.05, 0.1) is 0 Å². The molecule has 2 atom stereocenters. The molecule has 2 aliphatic heterocycles. The molecule has 110 valence electrons. The van der Waals surface area contributed by atoms with Gasteiger partial charge in [-0.1, -0.05) is 6.92 Å². The van der Waals surface area contributed by atoms with E-state index in [4.69, 9.17) is 0 Å². The maximum absolute atomic E-state index is 12.5. The van der Waals surface area contributed by atoms with Gasteiger partial charge < -0.3 is 5.32 Å². The molecule has 2 N–H and O–H groups in total. The summed E-state index contributed by atoms with van der Waals surface area (Å²) in [5, 5.41) is 3.58. The number of hydrogen-bond donors (Lipinski definition) is 2. The van der Waals surface area contributed by atoms with Crippen molar-refractivity contribution >= 4 is 10.2 Å². The quantitative estimate of drug-likeness (QED) is 0.765. The molecule has 19 heavy (non-hydrogen) atoms. The fraction of sp³-hybridized carbons (Fsp3) is 1.00. The molecule has 0 aromatic carbocycles. The Balaban J connectivity index is 1.72. The average Bonchev–Trinajstić information content (AvgIpc) is 3.09. The van der Waals surface area contributed by atoms with E-state index < -0.39 is 10.2 Å². The van der Waals surface area contributed by atoms with Crippen LogP contribution in [0.25, 0.3) is 0 Å². The summed E-state index contributed by atoms with van der Waals surface area (Å²) >= 11 is 0. The third-order valence-electron chi connectivity index (χ3n) is 4.50. The molecule has 3 fully saturated rings. The van der Waals surface area contributed by atoms with E-state index in [0.29, 0.717) is 18.6 Å². The molecule has 3 rings (SSSR count). The average molecular weight is 287 g/mol. The molecule has 0 aromatic heterocycles. The van der Waals surface area contributed by atoms with Crippen LogP contribution in [0.15, 0.2) is 0 Å². The first-order valence-corrected chi connectivity index (χ1v) is 9.07. The summed E-state index contributed by atoms with van der Waals surface area (Å²) in [6.07, 6.45) is 7.23. The molecule has 0 radical (unpaired) electrons. The van der Waals surface area contributed by atoms with Gasteiger partial charge in [-0.3, -0.25) is 0 Å². The molecular formula is C13H25N3O2S. The fourth-order valence-corrected chi connectivity index (χ4v) is 5.24. The summed E-state index contributed by atoms with van der Waals surface area (Å²) < 4.78 is 29.6. The number of hydrogen-bond acceptors (Lipinski definition) is 3. The van der Waals surface area contributed by atoms with Crippen LogP contribution in [0.1, 0.15) is 51.9 Å². The fourth-order valence-electron chi connectivity index (χ4n) is 3.46. The van der Waals surface area contributed by atoms with Gasteiger partial charge in [-0.2, -0.15) is 17.4 Å². The number of piperidine rings is 1. The van der Waals surface area contributed by atoms with Gasteiger partial charge in [-0.25, -0.2) is 0 Å². The van der Waals surface area contributed by atoms with Crippen LogP contribution >= 0.6 is 0 Å². The van der Waals surface area contributed by atoms with E-state index in [1.165, 1.54) is 12.8 Å². The minimum absolute atomic E-state index is 0.190. The predicted molar refractivity (Wildman–Crippen MR) is 75.0 cm³/mol. The molecule has 0 aromatic rings. The van der Waals surface area contributed by atoms with Crippen molar-refractivity contribution in [1.29, 1.82) is 0 Å². The van der Waals surface area contributed by atoms with E-state index in [0.717, 1.165) is 32.1 Å². The number of nitrogens with zero attached hydrogens (tertiary/aromatic N) is 1. The van der Waals surface area contributed by atoms with Crippen molar-refractivity contribution in [3.05, 3.63) is 0 Å². The number of fused-ring (bicyclic) bond motifs is 2. The zero-order valence-corrected chi connectivity index (χ0v) is 12.5. The van der Waals surface area contributed by atoms with E-state index in [-0.39, 0.29) is 12.1 Å². The van der Waals surface area contributed by atoms with Crippen LogP contribution in [0.4, 0.5) is 0 Å². The van der Waals surface area contributed by atoms with Gasteiger partial charge in [0.2, 0.25) is 0 Å². The Kier molecular flexibility index (Phi) is 3.86. The van der Waals surface area contributed by atoms with Gasteiger partial charge in [0.15, 0.2) is 0 Å². The maximum atomic E-state index is 12.5. The Morgan fingerprint density at radius 1 is 1.16 bits per heavy atom. The van der Waals surface area contributed by atoms with E-state index in [9.17, 15) is 8.42 Å². The van der Waals surface area contributed by atoms with Crippen LogP contribution in [0.5, 0.6) is 0 Å².